The van der Waals surface area contributed by atoms with Gasteiger partial charge in [-0.25, -0.2) is 13.1 Å². The van der Waals surface area contributed by atoms with E-state index < -0.39 is 10.0 Å². The predicted octanol–water partition coefficient (Wildman–Crippen LogP) is 0.612. The molecule has 0 radical (unpaired) electrons. The summed E-state index contributed by atoms with van der Waals surface area (Å²) in [7, 11) is 0.457. The number of nitrogens with one attached hydrogen (secondary N) is 1. The standard InChI is InChI=1S/C10H17N3O2S3/c1-13(2)7-3-6-12-18(14,15)9-5-4-8(17-9)10(11)16/h4-5,12H,3,6-7H2,1-2H3,(H2,11,16). The molecule has 5 nitrogen and oxygen atoms in total. The van der Waals surface area contributed by atoms with Gasteiger partial charge >= 0.3 is 0 Å². The first kappa shape index (κ1) is 15.5. The maximum absolute atomic E-state index is 11.9. The third-order valence-electron chi connectivity index (χ3n) is 2.16. The molecule has 18 heavy (non-hydrogen) atoms. The molecule has 0 amide bonds. The highest BCUT2D eigenvalue weighted by molar-refractivity contribution is 7.91. The number of hydrogen-bond donors (Lipinski definition) is 2. The number of nitrogens with two attached hydrogens (primary N) is 1. The Balaban J connectivity index is 2.60. The van der Waals surface area contributed by atoms with E-state index >= 15 is 0 Å². The molecule has 1 aromatic rings. The van der Waals surface area contributed by atoms with Crippen LogP contribution in [0.1, 0.15) is 11.3 Å². The number of nitrogens with zero attached hydrogens (tertiary/aromatic N) is 1. The van der Waals surface area contributed by atoms with Crippen LogP contribution in [0, 0.1) is 0 Å². The maximum atomic E-state index is 11.9. The quantitative estimate of drug-likeness (QED) is 0.570. The fourth-order valence-corrected chi connectivity index (χ4v) is 3.74. The summed E-state index contributed by atoms with van der Waals surface area (Å²) in [4.78, 5) is 2.83. The van der Waals surface area contributed by atoms with E-state index in [9.17, 15) is 8.42 Å². The fraction of sp³-hybridized carbons (Fsp3) is 0.500. The summed E-state index contributed by atoms with van der Waals surface area (Å²) in [5.74, 6) is 0. The van der Waals surface area contributed by atoms with Gasteiger partial charge in [0.1, 0.15) is 9.20 Å². The molecule has 0 saturated heterocycles. The summed E-state index contributed by atoms with van der Waals surface area (Å²) in [6, 6.07) is 3.15. The highest BCUT2D eigenvalue weighted by Crippen LogP contribution is 2.21. The van der Waals surface area contributed by atoms with Gasteiger partial charge in [0.05, 0.1) is 4.88 Å². The maximum Gasteiger partial charge on any atom is 0.250 e. The van der Waals surface area contributed by atoms with Crippen molar-refractivity contribution in [1.82, 2.24) is 9.62 Å². The van der Waals surface area contributed by atoms with Gasteiger partial charge in [-0.3, -0.25) is 0 Å². The van der Waals surface area contributed by atoms with Crippen LogP contribution in [0.3, 0.4) is 0 Å². The molecular formula is C10H17N3O2S3. The lowest BCUT2D eigenvalue weighted by Crippen LogP contribution is -2.26. The van der Waals surface area contributed by atoms with Crippen molar-refractivity contribution in [3.8, 4) is 0 Å². The summed E-state index contributed by atoms with van der Waals surface area (Å²) in [5.41, 5.74) is 5.45. The molecule has 8 heteroatoms. The second-order valence-electron chi connectivity index (χ2n) is 4.04. The van der Waals surface area contributed by atoms with Gasteiger partial charge in [-0.1, -0.05) is 12.2 Å². The molecule has 0 aliphatic carbocycles. The Labute approximate surface area is 117 Å². The van der Waals surface area contributed by atoms with E-state index in [-0.39, 0.29) is 9.20 Å². The zero-order chi connectivity index (χ0) is 13.8. The lowest BCUT2D eigenvalue weighted by Gasteiger charge is -2.09. The van der Waals surface area contributed by atoms with E-state index in [0.29, 0.717) is 11.4 Å². The van der Waals surface area contributed by atoms with Crippen LogP contribution in [0.2, 0.25) is 0 Å². The minimum absolute atomic E-state index is 0.217. The van der Waals surface area contributed by atoms with Gasteiger partial charge in [0, 0.05) is 6.54 Å². The lowest BCUT2D eigenvalue weighted by molar-refractivity contribution is 0.400. The van der Waals surface area contributed by atoms with E-state index in [4.69, 9.17) is 18.0 Å². The fourth-order valence-electron chi connectivity index (χ4n) is 1.27. The van der Waals surface area contributed by atoms with E-state index in [1.165, 1.54) is 6.07 Å². The molecule has 0 unspecified atom stereocenters. The Morgan fingerprint density at radius 2 is 2.17 bits per heavy atom. The molecule has 0 saturated carbocycles. The molecule has 0 bridgehead atoms. The highest BCUT2D eigenvalue weighted by Gasteiger charge is 2.16. The number of sulfonamides is 1. The second kappa shape index (κ2) is 6.58. The van der Waals surface area contributed by atoms with Crippen LogP contribution < -0.4 is 10.5 Å². The summed E-state index contributed by atoms with van der Waals surface area (Å²) in [5, 5.41) is 0. The van der Waals surface area contributed by atoms with Gasteiger partial charge in [0.25, 0.3) is 0 Å². The van der Waals surface area contributed by atoms with Crippen molar-refractivity contribution in [2.24, 2.45) is 5.73 Å². The van der Waals surface area contributed by atoms with E-state index in [0.717, 1.165) is 24.3 Å². The Morgan fingerprint density at radius 1 is 1.50 bits per heavy atom. The first-order valence-electron chi connectivity index (χ1n) is 5.37. The number of hydrogen-bond acceptors (Lipinski definition) is 5. The molecule has 1 rings (SSSR count). The summed E-state index contributed by atoms with van der Waals surface area (Å²) >= 11 is 5.89. The van der Waals surface area contributed by atoms with Gasteiger partial charge in [0.2, 0.25) is 10.0 Å². The average Bonchev–Trinajstić information content (AvgIpc) is 2.74. The van der Waals surface area contributed by atoms with Crippen molar-refractivity contribution >= 4 is 38.6 Å². The molecule has 0 aliphatic rings. The number of thiophene rings is 1. The van der Waals surface area contributed by atoms with Gasteiger partial charge < -0.3 is 10.6 Å². The van der Waals surface area contributed by atoms with Gasteiger partial charge in [-0.15, -0.1) is 11.3 Å². The lowest BCUT2D eigenvalue weighted by atomic mass is 10.4. The third kappa shape index (κ3) is 4.62. The van der Waals surface area contributed by atoms with Crippen LogP contribution in [-0.4, -0.2) is 45.5 Å². The average molecular weight is 307 g/mol. The van der Waals surface area contributed by atoms with Crippen molar-refractivity contribution in [2.75, 3.05) is 27.2 Å². The third-order valence-corrected chi connectivity index (χ3v) is 5.58. The van der Waals surface area contributed by atoms with Crippen molar-refractivity contribution in [3.63, 3.8) is 0 Å². The minimum atomic E-state index is -3.44. The van der Waals surface area contributed by atoms with E-state index in [1.54, 1.807) is 6.07 Å². The molecule has 0 aliphatic heterocycles. The second-order valence-corrected chi connectivity index (χ2v) is 7.55. The molecule has 0 fully saturated rings. The zero-order valence-corrected chi connectivity index (χ0v) is 12.8. The molecule has 1 heterocycles. The first-order chi connectivity index (χ1) is 8.33. The normalized spacial score (nSPS) is 11.9. The molecule has 1 aromatic heterocycles. The van der Waals surface area contributed by atoms with Crippen LogP contribution in [0.5, 0.6) is 0 Å². The zero-order valence-electron chi connectivity index (χ0n) is 10.3. The molecular weight excluding hydrogens is 290 g/mol. The Bertz CT molecular complexity index is 508. The monoisotopic (exact) mass is 307 g/mol. The highest BCUT2D eigenvalue weighted by atomic mass is 32.2. The van der Waals surface area contributed by atoms with Crippen LogP contribution >= 0.6 is 23.6 Å². The smallest absolute Gasteiger partial charge is 0.250 e. The van der Waals surface area contributed by atoms with Gasteiger partial charge in [-0.2, -0.15) is 0 Å². The molecule has 3 N–H and O–H groups in total. The van der Waals surface area contributed by atoms with Crippen molar-refractivity contribution in [3.05, 3.63) is 17.0 Å². The topological polar surface area (TPSA) is 75.4 Å². The molecule has 0 atom stereocenters. The van der Waals surface area contributed by atoms with E-state index in [1.807, 2.05) is 19.0 Å². The molecule has 0 spiro atoms. The summed E-state index contributed by atoms with van der Waals surface area (Å²) < 4.78 is 26.6. The van der Waals surface area contributed by atoms with Crippen molar-refractivity contribution in [2.45, 2.75) is 10.6 Å². The van der Waals surface area contributed by atoms with E-state index in [2.05, 4.69) is 4.72 Å². The first-order valence-corrected chi connectivity index (χ1v) is 8.08. The Kier molecular flexibility index (Phi) is 5.67. The Morgan fingerprint density at radius 3 is 2.67 bits per heavy atom. The molecule has 0 aromatic carbocycles. The van der Waals surface area contributed by atoms with Gasteiger partial charge in [-0.05, 0) is 39.2 Å². The van der Waals surface area contributed by atoms with Crippen LogP contribution in [-0.2, 0) is 10.0 Å². The largest absolute Gasteiger partial charge is 0.389 e. The SMILES string of the molecule is CN(C)CCCNS(=O)(=O)c1ccc(C(N)=S)s1. The summed E-state index contributed by atoms with van der Waals surface area (Å²) in [6.45, 7) is 1.26. The number of rotatable bonds is 7. The van der Waals surface area contributed by atoms with Crippen LogP contribution in [0.25, 0.3) is 0 Å². The Hall–Kier alpha value is -0.540. The molecule has 102 valence electrons. The van der Waals surface area contributed by atoms with Crippen LogP contribution in [0.15, 0.2) is 16.3 Å². The minimum Gasteiger partial charge on any atom is -0.389 e. The summed E-state index contributed by atoms with van der Waals surface area (Å²) in [6.07, 6.45) is 0.764. The van der Waals surface area contributed by atoms with Crippen LogP contribution in [0.4, 0.5) is 0 Å². The number of thiocarbonyl (C=S) groups is 1. The van der Waals surface area contributed by atoms with Crippen molar-refractivity contribution in [1.29, 1.82) is 0 Å². The predicted molar refractivity (Wildman–Crippen MR) is 78.6 cm³/mol. The van der Waals surface area contributed by atoms with Crippen molar-refractivity contribution < 1.29 is 8.42 Å². The van der Waals surface area contributed by atoms with Gasteiger partial charge in [0.15, 0.2) is 0 Å².